The molecular formula is C9H18O2. The van der Waals surface area contributed by atoms with Gasteiger partial charge >= 0.3 is 0 Å². The van der Waals surface area contributed by atoms with Crippen LogP contribution in [0.3, 0.4) is 0 Å². The van der Waals surface area contributed by atoms with Crippen molar-refractivity contribution in [3.05, 3.63) is 0 Å². The van der Waals surface area contributed by atoms with Gasteiger partial charge in [-0.1, -0.05) is 19.8 Å². The van der Waals surface area contributed by atoms with E-state index in [1.807, 2.05) is 0 Å². The van der Waals surface area contributed by atoms with E-state index in [0.29, 0.717) is 0 Å². The van der Waals surface area contributed by atoms with Gasteiger partial charge in [0.1, 0.15) is 0 Å². The fourth-order valence-corrected chi connectivity index (χ4v) is 1.54. The molecule has 2 nitrogen and oxygen atoms in total. The van der Waals surface area contributed by atoms with Crippen molar-refractivity contribution in [2.75, 3.05) is 6.61 Å². The molecule has 1 N–H and O–H groups in total. The van der Waals surface area contributed by atoms with Gasteiger partial charge in [-0.05, 0) is 19.3 Å². The maximum atomic E-state index is 9.47. The lowest BCUT2D eigenvalue weighted by atomic mass is 9.95. The Morgan fingerprint density at radius 2 is 2.09 bits per heavy atom. The molecule has 0 aromatic carbocycles. The van der Waals surface area contributed by atoms with E-state index < -0.39 is 0 Å². The zero-order chi connectivity index (χ0) is 8.10. The van der Waals surface area contributed by atoms with Crippen molar-refractivity contribution >= 4 is 0 Å². The Morgan fingerprint density at radius 3 is 2.73 bits per heavy atom. The molecule has 0 bridgehead atoms. The molecule has 0 aliphatic heterocycles. The van der Waals surface area contributed by atoms with Crippen LogP contribution in [0.1, 0.15) is 39.0 Å². The Balaban J connectivity index is 2.18. The van der Waals surface area contributed by atoms with Crippen molar-refractivity contribution in [3.8, 4) is 0 Å². The summed E-state index contributed by atoms with van der Waals surface area (Å²) in [6.45, 7) is 2.89. The van der Waals surface area contributed by atoms with Crippen LogP contribution in [-0.2, 0) is 4.74 Å². The molecule has 0 spiro atoms. The van der Waals surface area contributed by atoms with Gasteiger partial charge in [0.2, 0.25) is 0 Å². The number of ether oxygens (including phenoxy) is 1. The quantitative estimate of drug-likeness (QED) is 0.677. The van der Waals surface area contributed by atoms with Gasteiger partial charge in [0, 0.05) is 6.61 Å². The van der Waals surface area contributed by atoms with Crippen molar-refractivity contribution in [2.24, 2.45) is 0 Å². The molecule has 2 heteroatoms. The molecule has 0 unspecified atom stereocenters. The topological polar surface area (TPSA) is 29.5 Å². The summed E-state index contributed by atoms with van der Waals surface area (Å²) in [5, 5.41) is 9.47. The number of aliphatic hydroxyl groups excluding tert-OH is 1. The van der Waals surface area contributed by atoms with Crippen LogP contribution in [0.4, 0.5) is 0 Å². The number of aliphatic hydroxyl groups is 1. The van der Waals surface area contributed by atoms with E-state index in [1.165, 1.54) is 6.42 Å². The number of hydrogen-bond donors (Lipinski definition) is 1. The van der Waals surface area contributed by atoms with Crippen LogP contribution in [0.5, 0.6) is 0 Å². The van der Waals surface area contributed by atoms with Gasteiger partial charge in [-0.15, -0.1) is 0 Å². The van der Waals surface area contributed by atoms with Gasteiger partial charge in [-0.3, -0.25) is 0 Å². The van der Waals surface area contributed by atoms with Gasteiger partial charge in [0.15, 0.2) is 0 Å². The molecular weight excluding hydrogens is 140 g/mol. The Hall–Kier alpha value is -0.0800. The van der Waals surface area contributed by atoms with Crippen LogP contribution in [0.2, 0.25) is 0 Å². The third-order valence-electron chi connectivity index (χ3n) is 2.20. The van der Waals surface area contributed by atoms with E-state index in [-0.39, 0.29) is 12.2 Å². The van der Waals surface area contributed by atoms with Crippen LogP contribution < -0.4 is 0 Å². The van der Waals surface area contributed by atoms with Crippen molar-refractivity contribution in [3.63, 3.8) is 0 Å². The van der Waals surface area contributed by atoms with Crippen molar-refractivity contribution in [1.29, 1.82) is 0 Å². The Morgan fingerprint density at radius 1 is 1.36 bits per heavy atom. The highest BCUT2D eigenvalue weighted by atomic mass is 16.5. The average molecular weight is 158 g/mol. The van der Waals surface area contributed by atoms with E-state index in [2.05, 4.69) is 6.92 Å². The van der Waals surface area contributed by atoms with Gasteiger partial charge in [-0.25, -0.2) is 0 Å². The van der Waals surface area contributed by atoms with Crippen molar-refractivity contribution < 1.29 is 9.84 Å². The smallest absolute Gasteiger partial charge is 0.0833 e. The third-order valence-corrected chi connectivity index (χ3v) is 2.20. The molecule has 1 fully saturated rings. The Bertz CT molecular complexity index is 104. The zero-order valence-electron chi connectivity index (χ0n) is 7.25. The number of rotatable bonds is 3. The van der Waals surface area contributed by atoms with E-state index >= 15 is 0 Å². The molecule has 0 saturated heterocycles. The third kappa shape index (κ3) is 2.80. The monoisotopic (exact) mass is 158 g/mol. The van der Waals surface area contributed by atoms with Gasteiger partial charge < -0.3 is 9.84 Å². The largest absolute Gasteiger partial charge is 0.390 e. The molecule has 11 heavy (non-hydrogen) atoms. The minimum Gasteiger partial charge on any atom is -0.390 e. The van der Waals surface area contributed by atoms with Crippen LogP contribution in [0, 0.1) is 0 Å². The highest BCUT2D eigenvalue weighted by Crippen LogP contribution is 2.20. The van der Waals surface area contributed by atoms with Gasteiger partial charge in [0.05, 0.1) is 12.2 Å². The number of hydrogen-bond acceptors (Lipinski definition) is 2. The normalized spacial score (nSPS) is 32.2. The molecule has 0 aromatic rings. The SMILES string of the molecule is CCCO[C@H]1CCCC[C@@H]1O. The fourth-order valence-electron chi connectivity index (χ4n) is 1.54. The summed E-state index contributed by atoms with van der Waals surface area (Å²) in [6, 6.07) is 0. The average Bonchev–Trinajstić information content (AvgIpc) is 2.03. The second-order valence-electron chi connectivity index (χ2n) is 3.26. The molecule has 0 amide bonds. The lowest BCUT2D eigenvalue weighted by Crippen LogP contribution is -2.32. The fraction of sp³-hybridized carbons (Fsp3) is 1.00. The summed E-state index contributed by atoms with van der Waals surface area (Å²) in [7, 11) is 0. The molecule has 1 saturated carbocycles. The van der Waals surface area contributed by atoms with Crippen molar-refractivity contribution in [1.82, 2.24) is 0 Å². The van der Waals surface area contributed by atoms with Crippen LogP contribution in [0.25, 0.3) is 0 Å². The highest BCUT2D eigenvalue weighted by Gasteiger charge is 2.22. The maximum Gasteiger partial charge on any atom is 0.0833 e. The minimum absolute atomic E-state index is 0.128. The highest BCUT2D eigenvalue weighted by molar-refractivity contribution is 4.74. The maximum absolute atomic E-state index is 9.47. The van der Waals surface area contributed by atoms with Crippen LogP contribution >= 0.6 is 0 Å². The molecule has 0 radical (unpaired) electrons. The summed E-state index contributed by atoms with van der Waals surface area (Å²) in [5.74, 6) is 0. The van der Waals surface area contributed by atoms with E-state index in [1.54, 1.807) is 0 Å². The first-order valence-corrected chi connectivity index (χ1v) is 4.64. The standard InChI is InChI=1S/C9H18O2/c1-2-7-11-9-6-4-3-5-8(9)10/h8-10H,2-7H2,1H3/t8-,9-/m0/s1. The van der Waals surface area contributed by atoms with E-state index in [4.69, 9.17) is 4.74 Å². The lowest BCUT2D eigenvalue weighted by molar-refractivity contribution is -0.0582. The predicted octanol–water partition coefficient (Wildman–Crippen LogP) is 1.72. The first kappa shape index (κ1) is 9.01. The Kier molecular flexibility index (Phi) is 3.87. The van der Waals surface area contributed by atoms with Crippen molar-refractivity contribution in [2.45, 2.75) is 51.2 Å². The Labute approximate surface area is 68.6 Å². The van der Waals surface area contributed by atoms with E-state index in [0.717, 1.165) is 32.3 Å². The molecule has 2 atom stereocenters. The molecule has 1 rings (SSSR count). The second-order valence-corrected chi connectivity index (χ2v) is 3.26. The first-order valence-electron chi connectivity index (χ1n) is 4.64. The molecule has 1 aliphatic carbocycles. The van der Waals surface area contributed by atoms with Crippen LogP contribution in [-0.4, -0.2) is 23.9 Å². The summed E-state index contributed by atoms with van der Waals surface area (Å²) >= 11 is 0. The molecule has 1 aliphatic rings. The lowest BCUT2D eigenvalue weighted by Gasteiger charge is -2.27. The summed E-state index contributed by atoms with van der Waals surface area (Å²) in [5.41, 5.74) is 0. The summed E-state index contributed by atoms with van der Waals surface area (Å²) < 4.78 is 5.49. The van der Waals surface area contributed by atoms with Crippen LogP contribution in [0.15, 0.2) is 0 Å². The van der Waals surface area contributed by atoms with E-state index in [9.17, 15) is 5.11 Å². The zero-order valence-corrected chi connectivity index (χ0v) is 7.25. The summed E-state index contributed by atoms with van der Waals surface area (Å²) in [6.07, 6.45) is 5.32. The van der Waals surface area contributed by atoms with Gasteiger partial charge in [-0.2, -0.15) is 0 Å². The predicted molar refractivity (Wildman–Crippen MR) is 44.5 cm³/mol. The molecule has 0 heterocycles. The molecule has 66 valence electrons. The second kappa shape index (κ2) is 4.73. The minimum atomic E-state index is -0.199. The summed E-state index contributed by atoms with van der Waals surface area (Å²) in [4.78, 5) is 0. The first-order chi connectivity index (χ1) is 5.34. The molecule has 0 aromatic heterocycles. The van der Waals surface area contributed by atoms with Gasteiger partial charge in [0.25, 0.3) is 0 Å².